The minimum atomic E-state index is 0.00638. The zero-order valence-corrected chi connectivity index (χ0v) is 17.6. The Balaban J connectivity index is 1.91. The summed E-state index contributed by atoms with van der Waals surface area (Å²) in [6, 6.07) is 8.68. The van der Waals surface area contributed by atoms with Crippen LogP contribution in [0.5, 0.6) is 0 Å². The molecule has 0 radical (unpaired) electrons. The molecule has 0 spiro atoms. The average molecular weight is 386 g/mol. The van der Waals surface area contributed by atoms with Crippen molar-refractivity contribution in [1.82, 2.24) is 20.4 Å². The number of hydrogen-bond acceptors (Lipinski definition) is 3. The summed E-state index contributed by atoms with van der Waals surface area (Å²) < 4.78 is 0. The van der Waals surface area contributed by atoms with Crippen molar-refractivity contribution < 1.29 is 4.79 Å². The lowest BCUT2D eigenvalue weighted by atomic mass is 10.1. The number of likely N-dealkylation sites (N-methyl/N-ethyl adjacent to an activating group) is 1. The lowest BCUT2D eigenvalue weighted by Crippen LogP contribution is -2.43. The molecule has 1 aliphatic heterocycles. The molecule has 1 heterocycles. The smallest absolute Gasteiger partial charge is 0.241 e. The van der Waals surface area contributed by atoms with Crippen LogP contribution in [0.25, 0.3) is 0 Å². The molecule has 28 heavy (non-hydrogen) atoms. The Morgan fingerprint density at radius 2 is 1.68 bits per heavy atom. The minimum absolute atomic E-state index is 0.00638. The monoisotopic (exact) mass is 385 g/mol. The largest absolute Gasteiger partial charge is 0.353 e. The van der Waals surface area contributed by atoms with Gasteiger partial charge in [0.2, 0.25) is 5.91 Å². The first-order valence-corrected chi connectivity index (χ1v) is 10.1. The number of rotatable bonds is 8. The van der Waals surface area contributed by atoms with E-state index in [0.29, 0.717) is 19.0 Å². The van der Waals surface area contributed by atoms with E-state index in [4.69, 9.17) is 0 Å². The minimum Gasteiger partial charge on any atom is -0.353 e. The highest BCUT2D eigenvalue weighted by Crippen LogP contribution is 2.14. The number of amides is 1. The second kappa shape index (κ2) is 11.5. The fourth-order valence-electron chi connectivity index (χ4n) is 3.02. The average Bonchev–Trinajstić information content (AvgIpc) is 2.68. The first kappa shape index (κ1) is 22.0. The number of hydrogen-bond donors (Lipinski definition) is 2. The molecule has 0 saturated carbocycles. The summed E-state index contributed by atoms with van der Waals surface area (Å²) >= 11 is 0. The van der Waals surface area contributed by atoms with Gasteiger partial charge in [0.1, 0.15) is 0 Å². The normalized spacial score (nSPS) is 15.2. The first-order chi connectivity index (χ1) is 13.4. The molecule has 1 aliphatic rings. The second-order valence-electron chi connectivity index (χ2n) is 7.77. The van der Waals surface area contributed by atoms with E-state index in [1.54, 1.807) is 19.0 Å². The quantitative estimate of drug-likeness (QED) is 0.410. The van der Waals surface area contributed by atoms with E-state index in [9.17, 15) is 4.79 Å². The Morgan fingerprint density at radius 3 is 2.29 bits per heavy atom. The van der Waals surface area contributed by atoms with Crippen LogP contribution < -0.4 is 10.6 Å². The van der Waals surface area contributed by atoms with E-state index in [1.807, 2.05) is 6.92 Å². The van der Waals surface area contributed by atoms with Crippen molar-refractivity contribution in [1.29, 1.82) is 0 Å². The fraction of sp³-hybridized carbons (Fsp3) is 0.545. The molecule has 0 unspecified atom stereocenters. The summed E-state index contributed by atoms with van der Waals surface area (Å²) in [5.74, 6) is 0.627. The van der Waals surface area contributed by atoms with E-state index in [0.717, 1.165) is 17.7 Å². The third-order valence-electron chi connectivity index (χ3n) is 4.76. The Hall–Kier alpha value is -2.34. The van der Waals surface area contributed by atoms with Gasteiger partial charge in [-0.15, -0.1) is 0 Å². The predicted molar refractivity (Wildman–Crippen MR) is 116 cm³/mol. The zero-order chi connectivity index (χ0) is 20.4. The predicted octanol–water partition coefficient (Wildman–Crippen LogP) is 2.37. The summed E-state index contributed by atoms with van der Waals surface area (Å²) in [5, 5.41) is 6.30. The van der Waals surface area contributed by atoms with Crippen LogP contribution >= 0.6 is 0 Å². The van der Waals surface area contributed by atoms with Gasteiger partial charge in [-0.05, 0) is 44.0 Å². The molecular formula is C22H35N5O. The second-order valence-corrected chi connectivity index (χ2v) is 7.77. The van der Waals surface area contributed by atoms with Crippen LogP contribution in [-0.4, -0.2) is 61.9 Å². The Kier molecular flexibility index (Phi) is 9.01. The fourth-order valence-corrected chi connectivity index (χ4v) is 3.02. The van der Waals surface area contributed by atoms with Crippen molar-refractivity contribution in [2.24, 2.45) is 4.99 Å². The van der Waals surface area contributed by atoms with Crippen LogP contribution in [0.4, 0.5) is 0 Å². The SMILES string of the molecule is C=C(C)CNC(=NCc1ccc(CN2CCCCC2)cc1)NCC(=O)N(C)C. The molecule has 1 saturated heterocycles. The number of likely N-dealkylation sites (tertiary alicyclic amines) is 1. The van der Waals surface area contributed by atoms with Crippen molar-refractivity contribution >= 4 is 11.9 Å². The van der Waals surface area contributed by atoms with Gasteiger partial charge in [-0.3, -0.25) is 9.69 Å². The maximum absolute atomic E-state index is 11.8. The number of nitrogens with zero attached hydrogens (tertiary/aromatic N) is 3. The van der Waals surface area contributed by atoms with Crippen LogP contribution in [0.2, 0.25) is 0 Å². The summed E-state index contributed by atoms with van der Waals surface area (Å²) in [5.41, 5.74) is 3.51. The highest BCUT2D eigenvalue weighted by atomic mass is 16.2. The van der Waals surface area contributed by atoms with Crippen LogP contribution in [0.3, 0.4) is 0 Å². The standard InChI is InChI=1S/C22H35N5O/c1-18(2)14-23-22(25-16-21(28)26(3)4)24-15-19-8-10-20(11-9-19)17-27-12-6-5-7-13-27/h8-11H,1,5-7,12-17H2,2-4H3,(H2,23,24,25). The molecule has 6 heteroatoms. The van der Waals surface area contributed by atoms with E-state index in [1.165, 1.54) is 37.9 Å². The highest BCUT2D eigenvalue weighted by Gasteiger charge is 2.10. The van der Waals surface area contributed by atoms with Gasteiger partial charge in [0.25, 0.3) is 0 Å². The molecule has 1 aromatic rings. The zero-order valence-electron chi connectivity index (χ0n) is 17.6. The van der Waals surface area contributed by atoms with Gasteiger partial charge in [-0.25, -0.2) is 4.99 Å². The molecule has 0 atom stereocenters. The third-order valence-corrected chi connectivity index (χ3v) is 4.76. The lowest BCUT2D eigenvalue weighted by molar-refractivity contribution is -0.127. The van der Waals surface area contributed by atoms with E-state index in [2.05, 4.69) is 51.4 Å². The molecule has 6 nitrogen and oxygen atoms in total. The Bertz CT molecular complexity index is 660. The lowest BCUT2D eigenvalue weighted by Gasteiger charge is -2.26. The van der Waals surface area contributed by atoms with Crippen LogP contribution in [-0.2, 0) is 17.9 Å². The summed E-state index contributed by atoms with van der Waals surface area (Å²) in [4.78, 5) is 20.5. The van der Waals surface area contributed by atoms with Gasteiger partial charge < -0.3 is 15.5 Å². The van der Waals surface area contributed by atoms with E-state index >= 15 is 0 Å². The van der Waals surface area contributed by atoms with Gasteiger partial charge in [-0.1, -0.05) is 42.8 Å². The van der Waals surface area contributed by atoms with Crippen molar-refractivity contribution in [3.8, 4) is 0 Å². The van der Waals surface area contributed by atoms with Gasteiger partial charge in [0, 0.05) is 27.2 Å². The molecule has 2 rings (SSSR count). The molecule has 0 bridgehead atoms. The van der Waals surface area contributed by atoms with Crippen LogP contribution in [0.15, 0.2) is 41.4 Å². The molecule has 0 aromatic heterocycles. The Morgan fingerprint density at radius 1 is 1.07 bits per heavy atom. The summed E-state index contributed by atoms with van der Waals surface area (Å²) in [7, 11) is 3.49. The summed E-state index contributed by atoms with van der Waals surface area (Å²) in [6.07, 6.45) is 4.00. The Labute approximate surface area is 169 Å². The van der Waals surface area contributed by atoms with Gasteiger partial charge in [-0.2, -0.15) is 0 Å². The number of nitrogens with one attached hydrogen (secondary N) is 2. The van der Waals surface area contributed by atoms with Gasteiger partial charge in [0.05, 0.1) is 13.1 Å². The number of piperidine rings is 1. The van der Waals surface area contributed by atoms with Crippen molar-refractivity contribution in [2.45, 2.75) is 39.3 Å². The van der Waals surface area contributed by atoms with Crippen LogP contribution in [0, 0.1) is 0 Å². The molecule has 1 amide bonds. The van der Waals surface area contributed by atoms with Gasteiger partial charge in [0.15, 0.2) is 5.96 Å². The molecule has 1 fully saturated rings. The first-order valence-electron chi connectivity index (χ1n) is 10.1. The molecular weight excluding hydrogens is 350 g/mol. The molecule has 154 valence electrons. The molecule has 1 aromatic carbocycles. The van der Waals surface area contributed by atoms with Crippen molar-refractivity contribution in [3.05, 3.63) is 47.5 Å². The maximum Gasteiger partial charge on any atom is 0.241 e. The number of aliphatic imine (C=N–C) groups is 1. The van der Waals surface area contributed by atoms with Crippen molar-refractivity contribution in [3.63, 3.8) is 0 Å². The number of carbonyl (C=O) groups is 1. The van der Waals surface area contributed by atoms with Gasteiger partial charge >= 0.3 is 0 Å². The van der Waals surface area contributed by atoms with E-state index < -0.39 is 0 Å². The van der Waals surface area contributed by atoms with Crippen molar-refractivity contribution in [2.75, 3.05) is 40.3 Å². The number of guanidine groups is 1. The third kappa shape index (κ3) is 8.13. The number of benzene rings is 1. The topological polar surface area (TPSA) is 60.0 Å². The number of carbonyl (C=O) groups excluding carboxylic acids is 1. The summed E-state index contributed by atoms with van der Waals surface area (Å²) in [6.45, 7) is 10.7. The molecule has 0 aliphatic carbocycles. The van der Waals surface area contributed by atoms with Crippen LogP contribution in [0.1, 0.15) is 37.3 Å². The molecule has 2 N–H and O–H groups in total. The maximum atomic E-state index is 11.8. The van der Waals surface area contributed by atoms with E-state index in [-0.39, 0.29) is 12.5 Å². The highest BCUT2D eigenvalue weighted by molar-refractivity contribution is 5.86.